The molecule has 0 spiro atoms. The second-order valence-electron chi connectivity index (χ2n) is 6.95. The molecule has 2 aromatic rings. The van der Waals surface area contributed by atoms with Gasteiger partial charge >= 0.3 is 59.9 Å². The quantitative estimate of drug-likeness (QED) is 0.289. The molecule has 2 heterocycles. The summed E-state index contributed by atoms with van der Waals surface area (Å²) in [6.07, 6.45) is 4.82. The molecule has 4 nitrogen and oxygen atoms in total. The molecule has 4 rings (SSSR count). The first-order valence-corrected chi connectivity index (χ1v) is 16.9. The van der Waals surface area contributed by atoms with Crippen LogP contribution in [-0.4, -0.2) is 25.4 Å². The summed E-state index contributed by atoms with van der Waals surface area (Å²) in [7, 11) is 2.02. The molecule has 0 amide bonds. The van der Waals surface area contributed by atoms with Crippen molar-refractivity contribution in [3.05, 3.63) is 34.0 Å². The fraction of sp³-hybridized carbons (Fsp3) is 0.579. The van der Waals surface area contributed by atoms with E-state index in [1.54, 1.807) is 0 Å². The zero-order chi connectivity index (χ0) is 21.7. The van der Waals surface area contributed by atoms with Gasteiger partial charge < -0.3 is 4.52 Å². The normalized spacial score (nSPS) is 17.0. The molecule has 155 valence electrons. The molecule has 2 aromatic heterocycles. The van der Waals surface area contributed by atoms with Crippen LogP contribution in [-0.2, 0) is 45.1 Å². The van der Waals surface area contributed by atoms with Crippen LogP contribution in [0.15, 0.2) is 4.52 Å². The average Bonchev–Trinajstić information content (AvgIpc) is 3.52. The molecule has 0 N–H and O–H groups in total. The second-order valence-corrected chi connectivity index (χ2v) is 13.2. The van der Waals surface area contributed by atoms with Gasteiger partial charge in [-0.15, -0.1) is 0 Å². The molecule has 0 unspecified atom stereocenters. The minimum absolute atomic E-state index is 0.137. The molecule has 28 heavy (non-hydrogen) atoms. The van der Waals surface area contributed by atoms with Gasteiger partial charge in [0.1, 0.15) is 0 Å². The van der Waals surface area contributed by atoms with Crippen LogP contribution in [0, 0.1) is 27.7 Å². The van der Waals surface area contributed by atoms with E-state index < -0.39 is 0 Å². The number of halogens is 3. The van der Waals surface area contributed by atoms with Crippen molar-refractivity contribution in [1.29, 1.82) is 0 Å². The third kappa shape index (κ3) is 6.76. The molecule has 2 aliphatic carbocycles. The van der Waals surface area contributed by atoms with Crippen molar-refractivity contribution in [2.24, 2.45) is 7.05 Å². The van der Waals surface area contributed by atoms with Crippen molar-refractivity contribution < 1.29 is 33.9 Å². The van der Waals surface area contributed by atoms with Gasteiger partial charge in [-0.1, -0.05) is 37.0 Å². The van der Waals surface area contributed by atoms with E-state index in [-0.39, 0.29) is 8.65 Å². The van der Waals surface area contributed by atoms with E-state index in [1.807, 2.05) is 18.7 Å². The summed E-state index contributed by atoms with van der Waals surface area (Å²) in [4.78, 5) is 0. The molecule has 0 aliphatic heterocycles. The molecular weight excluding hydrogens is 675 g/mol. The Labute approximate surface area is 212 Å². The van der Waals surface area contributed by atoms with E-state index in [2.05, 4.69) is 110 Å². The van der Waals surface area contributed by atoms with Crippen molar-refractivity contribution in [2.45, 2.75) is 62.0 Å². The van der Waals surface area contributed by atoms with Gasteiger partial charge in [0.2, 0.25) is 0 Å². The number of aromatic nitrogens is 3. The Bertz CT molecular complexity index is 814. The maximum absolute atomic E-state index is 5.23. The van der Waals surface area contributed by atoms with Gasteiger partial charge in [0.25, 0.3) is 0 Å². The number of rotatable bonds is 2. The van der Waals surface area contributed by atoms with E-state index in [0.29, 0.717) is 12.4 Å². The van der Waals surface area contributed by atoms with Gasteiger partial charge in [-0.25, -0.2) is 0 Å². The topological polar surface area (TPSA) is 43.9 Å². The van der Waals surface area contributed by atoms with E-state index in [0.717, 1.165) is 17.1 Å². The molecular formula is C19H27Br2IN3OV2. The van der Waals surface area contributed by atoms with Crippen LogP contribution in [0.25, 0.3) is 0 Å². The summed E-state index contributed by atoms with van der Waals surface area (Å²) in [5.41, 5.74) is 6.05. The first-order chi connectivity index (χ1) is 13.1. The van der Waals surface area contributed by atoms with E-state index >= 15 is 0 Å². The van der Waals surface area contributed by atoms with Gasteiger partial charge in [0.05, 0.1) is 25.7 Å². The van der Waals surface area contributed by atoms with Gasteiger partial charge in [-0.2, -0.15) is 5.10 Å². The fourth-order valence-electron chi connectivity index (χ4n) is 2.91. The summed E-state index contributed by atoms with van der Waals surface area (Å²) in [5, 5.41) is 15.1. The molecule has 2 aliphatic rings. The SMILES string of the molecule is Cc1nn(C)c(C2(Br)CC2)c1C.Cc1noc(C2(Br)CC2)c1C.[CH2]=[V].[CH2]=[V][I]. The molecule has 0 radical (unpaired) electrons. The van der Waals surface area contributed by atoms with Crippen LogP contribution >= 0.6 is 51.8 Å². The standard InChI is InChI=1S/C9H13BrN2.C8H10BrNO.2CH2.HI.2V/c1-6-7(2)11-12(3)8(6)9(10)4-5-9;1-5-6(2)10-11-7(5)8(9)3-4-8;;;;;/h4-5H2,1-3H3;3-4H2,1-2H3;2*1H2;1H;;/q;;;;;;+1/p-1. The Morgan fingerprint density at radius 2 is 1.50 bits per heavy atom. The van der Waals surface area contributed by atoms with Crippen molar-refractivity contribution in [2.75, 3.05) is 0 Å². The zero-order valence-corrected chi connectivity index (χ0v) is 25.1. The number of hydrogen-bond acceptors (Lipinski definition) is 3. The predicted octanol–water partition coefficient (Wildman–Crippen LogP) is 5.91. The minimum atomic E-state index is 0.137. The van der Waals surface area contributed by atoms with Crippen molar-refractivity contribution in [1.82, 2.24) is 14.9 Å². The van der Waals surface area contributed by atoms with Crippen molar-refractivity contribution in [3.63, 3.8) is 0 Å². The third-order valence-electron chi connectivity index (χ3n) is 4.89. The molecule has 0 atom stereocenters. The summed E-state index contributed by atoms with van der Waals surface area (Å²) in [6, 6.07) is 0. The second kappa shape index (κ2) is 11.6. The Kier molecular flexibility index (Phi) is 11.2. The molecule has 2 fully saturated rings. The summed E-state index contributed by atoms with van der Waals surface area (Å²) < 4.78 is 7.63. The first kappa shape index (κ1) is 27.1. The monoisotopic (exact) mass is 700 g/mol. The molecule has 0 saturated heterocycles. The number of aryl methyl sites for hydroxylation is 3. The predicted molar refractivity (Wildman–Crippen MR) is 127 cm³/mol. The van der Waals surface area contributed by atoms with Crippen LogP contribution in [0.1, 0.15) is 59.7 Å². The van der Waals surface area contributed by atoms with E-state index in [1.165, 1.54) is 42.5 Å². The van der Waals surface area contributed by atoms with Crippen molar-refractivity contribution >= 4 is 62.3 Å². The molecule has 2 saturated carbocycles. The van der Waals surface area contributed by atoms with Gasteiger partial charge in [0, 0.05) is 12.6 Å². The Morgan fingerprint density at radius 3 is 1.79 bits per heavy atom. The molecule has 0 aromatic carbocycles. The Balaban J connectivity index is 0.000000229. The van der Waals surface area contributed by atoms with Crippen LogP contribution in [0.5, 0.6) is 0 Å². The zero-order valence-electron chi connectivity index (χ0n) is 17.0. The van der Waals surface area contributed by atoms with Crippen molar-refractivity contribution in [3.8, 4) is 0 Å². The molecule has 0 bridgehead atoms. The van der Waals surface area contributed by atoms with Crippen LogP contribution in [0.4, 0.5) is 0 Å². The van der Waals surface area contributed by atoms with E-state index in [9.17, 15) is 0 Å². The summed E-state index contributed by atoms with van der Waals surface area (Å²) in [5.74, 6) is 1.02. The average molecular weight is 702 g/mol. The summed E-state index contributed by atoms with van der Waals surface area (Å²) >= 11 is 12.1. The van der Waals surface area contributed by atoms with Crippen LogP contribution in [0.2, 0.25) is 0 Å². The van der Waals surface area contributed by atoms with Gasteiger partial charge in [0.15, 0.2) is 5.76 Å². The maximum atomic E-state index is 5.23. The Morgan fingerprint density at radius 1 is 1.04 bits per heavy atom. The number of nitrogens with zero attached hydrogens (tertiary/aromatic N) is 3. The van der Waals surface area contributed by atoms with Gasteiger partial charge in [-0.3, -0.25) is 4.68 Å². The molecule has 9 heteroatoms. The van der Waals surface area contributed by atoms with Crippen LogP contribution in [0.3, 0.4) is 0 Å². The van der Waals surface area contributed by atoms with E-state index in [4.69, 9.17) is 4.52 Å². The van der Waals surface area contributed by atoms with Gasteiger partial charge in [-0.05, 0) is 58.9 Å². The Hall–Kier alpha value is 1.02. The number of alkyl halides is 2. The third-order valence-corrected chi connectivity index (χ3v) is 7.21. The first-order valence-electron chi connectivity index (χ1n) is 8.80. The van der Waals surface area contributed by atoms with Crippen LogP contribution < -0.4 is 0 Å². The number of hydrogen-bond donors (Lipinski definition) is 0. The summed E-state index contributed by atoms with van der Waals surface area (Å²) in [6.45, 7) is 8.25. The fourth-order valence-corrected chi connectivity index (χ4v) is 4.23.